The molecule has 0 N–H and O–H groups in total. The third kappa shape index (κ3) is 2.53. The van der Waals surface area contributed by atoms with Gasteiger partial charge >= 0.3 is 0 Å². The lowest BCUT2D eigenvalue weighted by Crippen LogP contribution is -1.98. The lowest BCUT2D eigenvalue weighted by Gasteiger charge is -2.08. The first-order valence-electron chi connectivity index (χ1n) is 6.94. The molecule has 106 valence electrons. The van der Waals surface area contributed by atoms with Crippen molar-refractivity contribution < 1.29 is 9.26 Å². The van der Waals surface area contributed by atoms with E-state index >= 15 is 0 Å². The molecule has 0 saturated heterocycles. The van der Waals surface area contributed by atoms with Crippen LogP contribution in [0.1, 0.15) is 30.5 Å². The smallest absolute Gasteiger partial charge is 0.229 e. The summed E-state index contributed by atoms with van der Waals surface area (Å²) >= 11 is 3.60. The summed E-state index contributed by atoms with van der Waals surface area (Å²) in [6, 6.07) is 12.2. The first-order valence-corrected chi connectivity index (χ1v) is 7.73. The van der Waals surface area contributed by atoms with Crippen LogP contribution in [-0.4, -0.2) is 10.1 Å². The van der Waals surface area contributed by atoms with Crippen LogP contribution in [0.4, 0.5) is 0 Å². The van der Waals surface area contributed by atoms with Gasteiger partial charge in [0.2, 0.25) is 11.7 Å². The molecule has 0 unspecified atom stereocenters. The Morgan fingerprint density at radius 2 is 2.05 bits per heavy atom. The Morgan fingerprint density at radius 1 is 1.19 bits per heavy atom. The molecule has 1 aromatic heterocycles. The molecule has 1 fully saturated rings. The van der Waals surface area contributed by atoms with E-state index in [0.29, 0.717) is 18.3 Å². The monoisotopic (exact) mass is 344 g/mol. The van der Waals surface area contributed by atoms with E-state index in [2.05, 4.69) is 38.2 Å². The number of halogens is 1. The second kappa shape index (κ2) is 5.15. The Hall–Kier alpha value is -1.88. The van der Waals surface area contributed by atoms with Gasteiger partial charge in [0, 0.05) is 5.92 Å². The average molecular weight is 345 g/mol. The molecular weight excluding hydrogens is 332 g/mol. The molecule has 4 nitrogen and oxygen atoms in total. The Morgan fingerprint density at radius 3 is 2.90 bits per heavy atom. The number of hydrogen-bond donors (Lipinski definition) is 0. The van der Waals surface area contributed by atoms with Crippen molar-refractivity contribution in [3.63, 3.8) is 0 Å². The van der Waals surface area contributed by atoms with E-state index in [4.69, 9.17) is 9.26 Å². The molecule has 1 aliphatic carbocycles. The highest BCUT2D eigenvalue weighted by Crippen LogP contribution is 2.39. The van der Waals surface area contributed by atoms with Crippen molar-refractivity contribution in [2.45, 2.75) is 25.4 Å². The van der Waals surface area contributed by atoms with E-state index < -0.39 is 0 Å². The normalized spacial score (nSPS) is 14.5. The zero-order valence-electron chi connectivity index (χ0n) is 11.3. The molecule has 2 aromatic carbocycles. The van der Waals surface area contributed by atoms with E-state index in [9.17, 15) is 0 Å². The number of ether oxygens (including phenoxy) is 1. The van der Waals surface area contributed by atoms with Crippen LogP contribution in [0.5, 0.6) is 5.75 Å². The summed E-state index contributed by atoms with van der Waals surface area (Å²) in [5, 5.41) is 6.26. The molecule has 0 amide bonds. The summed E-state index contributed by atoms with van der Waals surface area (Å²) in [6.45, 7) is 0.313. The number of hydrogen-bond acceptors (Lipinski definition) is 4. The van der Waals surface area contributed by atoms with Crippen molar-refractivity contribution in [3.05, 3.63) is 52.6 Å². The molecule has 0 aliphatic heterocycles. The summed E-state index contributed by atoms with van der Waals surface area (Å²) in [4.78, 5) is 4.36. The van der Waals surface area contributed by atoms with Crippen molar-refractivity contribution >= 4 is 26.7 Å². The van der Waals surface area contributed by atoms with Gasteiger partial charge in [-0.15, -0.1) is 0 Å². The van der Waals surface area contributed by atoms with Crippen molar-refractivity contribution in [2.75, 3.05) is 0 Å². The molecule has 0 atom stereocenters. The van der Waals surface area contributed by atoms with Crippen LogP contribution in [0.15, 0.2) is 45.4 Å². The minimum atomic E-state index is 0.313. The van der Waals surface area contributed by atoms with Crippen LogP contribution in [0.2, 0.25) is 0 Å². The van der Waals surface area contributed by atoms with Crippen molar-refractivity contribution in [1.29, 1.82) is 0 Å². The molecule has 21 heavy (non-hydrogen) atoms. The van der Waals surface area contributed by atoms with Crippen molar-refractivity contribution in [1.82, 2.24) is 10.1 Å². The number of rotatable bonds is 4. The fourth-order valence-electron chi connectivity index (χ4n) is 2.29. The van der Waals surface area contributed by atoms with E-state index in [-0.39, 0.29) is 0 Å². The lowest BCUT2D eigenvalue weighted by atomic mass is 10.1. The van der Waals surface area contributed by atoms with Gasteiger partial charge in [0.25, 0.3) is 0 Å². The Balaban J connectivity index is 1.54. The number of aromatic nitrogens is 2. The zero-order valence-corrected chi connectivity index (χ0v) is 12.8. The van der Waals surface area contributed by atoms with Gasteiger partial charge < -0.3 is 9.26 Å². The van der Waals surface area contributed by atoms with E-state index in [1.807, 2.05) is 24.3 Å². The number of nitrogens with zero attached hydrogens (tertiary/aromatic N) is 2. The summed E-state index contributed by atoms with van der Waals surface area (Å²) in [5.41, 5.74) is 0. The molecule has 5 heteroatoms. The summed E-state index contributed by atoms with van der Waals surface area (Å²) in [7, 11) is 0. The molecule has 1 saturated carbocycles. The predicted molar refractivity (Wildman–Crippen MR) is 82.3 cm³/mol. The van der Waals surface area contributed by atoms with Crippen LogP contribution in [0.25, 0.3) is 10.8 Å². The summed E-state index contributed by atoms with van der Waals surface area (Å²) in [6.07, 6.45) is 2.30. The molecule has 1 heterocycles. The van der Waals surface area contributed by atoms with Crippen LogP contribution in [0.3, 0.4) is 0 Å². The summed E-state index contributed by atoms with van der Waals surface area (Å²) in [5.74, 6) is 2.59. The fourth-order valence-corrected chi connectivity index (χ4v) is 2.90. The maximum absolute atomic E-state index is 5.81. The van der Waals surface area contributed by atoms with Gasteiger partial charge in [-0.25, -0.2) is 0 Å². The average Bonchev–Trinajstić information content (AvgIpc) is 3.26. The molecule has 0 spiro atoms. The van der Waals surface area contributed by atoms with Gasteiger partial charge in [-0.2, -0.15) is 4.98 Å². The van der Waals surface area contributed by atoms with Crippen LogP contribution < -0.4 is 4.74 Å². The van der Waals surface area contributed by atoms with E-state index in [1.54, 1.807) is 0 Å². The molecular formula is C16H13BrN2O2. The predicted octanol–water partition coefficient (Wildman–Crippen LogP) is 4.44. The molecule has 1 aliphatic rings. The lowest BCUT2D eigenvalue weighted by molar-refractivity contribution is 0.284. The Bertz CT molecular complexity index is 796. The van der Waals surface area contributed by atoms with E-state index in [0.717, 1.165) is 34.3 Å². The third-order valence-electron chi connectivity index (χ3n) is 3.60. The third-order valence-corrected chi connectivity index (χ3v) is 4.41. The maximum atomic E-state index is 5.81. The second-order valence-corrected chi connectivity index (χ2v) is 6.00. The Kier molecular flexibility index (Phi) is 3.15. The van der Waals surface area contributed by atoms with E-state index in [1.165, 1.54) is 5.39 Å². The standard InChI is InChI=1S/C16H13BrN2O2/c17-15-12-4-2-1-3-10(12)7-8-13(15)20-9-14-18-16(21-19-14)11-5-6-11/h1-4,7-8,11H,5-6,9H2. The first kappa shape index (κ1) is 12.8. The van der Waals surface area contributed by atoms with Gasteiger partial charge in [0.15, 0.2) is 6.61 Å². The minimum absolute atomic E-state index is 0.313. The summed E-state index contributed by atoms with van der Waals surface area (Å²) < 4.78 is 12.0. The van der Waals surface area contributed by atoms with Crippen LogP contribution in [0, 0.1) is 0 Å². The Labute approximate surface area is 130 Å². The molecule has 3 aromatic rings. The van der Waals surface area contributed by atoms with Crippen molar-refractivity contribution in [2.24, 2.45) is 0 Å². The fraction of sp³-hybridized carbons (Fsp3) is 0.250. The number of benzene rings is 2. The van der Waals surface area contributed by atoms with Gasteiger partial charge in [0.05, 0.1) is 4.47 Å². The van der Waals surface area contributed by atoms with Gasteiger partial charge in [-0.1, -0.05) is 35.5 Å². The zero-order chi connectivity index (χ0) is 14.2. The number of fused-ring (bicyclic) bond motifs is 1. The van der Waals surface area contributed by atoms with Crippen molar-refractivity contribution in [3.8, 4) is 5.75 Å². The first-order chi connectivity index (χ1) is 10.3. The van der Waals surface area contributed by atoms with Crippen LogP contribution >= 0.6 is 15.9 Å². The topological polar surface area (TPSA) is 48.2 Å². The maximum Gasteiger partial charge on any atom is 0.229 e. The highest BCUT2D eigenvalue weighted by Gasteiger charge is 2.29. The minimum Gasteiger partial charge on any atom is -0.484 e. The van der Waals surface area contributed by atoms with Crippen LogP contribution in [-0.2, 0) is 6.61 Å². The largest absolute Gasteiger partial charge is 0.484 e. The molecule has 0 radical (unpaired) electrons. The second-order valence-electron chi connectivity index (χ2n) is 5.21. The highest BCUT2D eigenvalue weighted by molar-refractivity contribution is 9.10. The van der Waals surface area contributed by atoms with Gasteiger partial charge in [0.1, 0.15) is 5.75 Å². The van der Waals surface area contributed by atoms with Gasteiger partial charge in [-0.3, -0.25) is 0 Å². The van der Waals surface area contributed by atoms with Gasteiger partial charge in [-0.05, 0) is 45.6 Å². The molecule has 0 bridgehead atoms. The highest BCUT2D eigenvalue weighted by atomic mass is 79.9. The SMILES string of the molecule is Brc1c(OCc2noc(C3CC3)n2)ccc2ccccc12. The quantitative estimate of drug-likeness (QED) is 0.701. The molecule has 4 rings (SSSR count).